The minimum absolute atomic E-state index is 0.149. The van der Waals surface area contributed by atoms with Gasteiger partial charge < -0.3 is 33.3 Å². The second-order valence-corrected chi connectivity index (χ2v) is 21.3. The number of carbonyl (C=O) groups is 3. The van der Waals surface area contributed by atoms with Crippen molar-refractivity contribution in [3.05, 3.63) is 24.3 Å². The number of esters is 2. The van der Waals surface area contributed by atoms with E-state index >= 15 is 0 Å². The van der Waals surface area contributed by atoms with Crippen molar-refractivity contribution in [1.29, 1.82) is 0 Å². The first-order chi connectivity index (χ1) is 33.6. The van der Waals surface area contributed by atoms with Gasteiger partial charge in [-0.3, -0.25) is 9.59 Å². The third-order valence-corrected chi connectivity index (χ3v) is 13.2. The predicted molar refractivity (Wildman–Crippen MR) is 288 cm³/mol. The van der Waals surface area contributed by atoms with Crippen LogP contribution in [0.2, 0.25) is 0 Å². The molecule has 0 radical (unpaired) electrons. The number of unbranched alkanes of at least 4 members (excludes halogenated alkanes) is 36. The van der Waals surface area contributed by atoms with Gasteiger partial charge in [-0.25, -0.2) is 0 Å². The number of carbonyl (C=O) groups excluding carboxylic acids is 3. The first-order valence-corrected chi connectivity index (χ1v) is 29.5. The van der Waals surface area contributed by atoms with Crippen LogP contribution in [0.4, 0.5) is 0 Å². The van der Waals surface area contributed by atoms with Gasteiger partial charge in [0.2, 0.25) is 0 Å². The molecule has 2 atom stereocenters. The summed E-state index contributed by atoms with van der Waals surface area (Å²) >= 11 is 0. The Kier molecular flexibility index (Phi) is 50.4. The Morgan fingerprint density at radius 3 is 1.07 bits per heavy atom. The summed E-state index contributed by atoms with van der Waals surface area (Å²) < 4.78 is 22.7. The van der Waals surface area contributed by atoms with Crippen LogP contribution in [-0.2, 0) is 33.3 Å². The molecular weight excluding hydrogens is 863 g/mol. The molecule has 0 spiro atoms. The minimum atomic E-state index is -1.62. The van der Waals surface area contributed by atoms with Crippen LogP contribution in [0, 0.1) is 0 Å². The lowest BCUT2D eigenvalue weighted by molar-refractivity contribution is -0.870. The van der Waals surface area contributed by atoms with Crippen molar-refractivity contribution < 1.29 is 42.9 Å². The largest absolute Gasteiger partial charge is 0.545 e. The van der Waals surface area contributed by atoms with Crippen LogP contribution in [0.5, 0.6) is 0 Å². The van der Waals surface area contributed by atoms with Gasteiger partial charge in [-0.1, -0.05) is 231 Å². The molecule has 0 aliphatic heterocycles. The van der Waals surface area contributed by atoms with Gasteiger partial charge in [0, 0.05) is 12.8 Å². The van der Waals surface area contributed by atoms with Crippen molar-refractivity contribution in [2.24, 2.45) is 0 Å². The molecule has 0 N–H and O–H groups in total. The van der Waals surface area contributed by atoms with E-state index in [-0.39, 0.29) is 32.2 Å². The Hall–Kier alpha value is -2.23. The zero-order valence-corrected chi connectivity index (χ0v) is 46.2. The zero-order valence-electron chi connectivity index (χ0n) is 46.2. The van der Waals surface area contributed by atoms with Crippen molar-refractivity contribution in [1.82, 2.24) is 0 Å². The Bertz CT molecular complexity index is 1180. The third-order valence-electron chi connectivity index (χ3n) is 13.2. The fourth-order valence-corrected chi connectivity index (χ4v) is 8.59. The molecule has 9 nitrogen and oxygen atoms in total. The molecule has 0 amide bonds. The molecule has 0 heterocycles. The molecule has 0 aromatic rings. The summed E-state index contributed by atoms with van der Waals surface area (Å²) in [5.74, 6) is -2.27. The molecule has 2 unspecified atom stereocenters. The number of carboxylic acids is 1. The maximum absolute atomic E-state index is 12.9. The van der Waals surface area contributed by atoms with E-state index < -0.39 is 24.3 Å². The Balaban J connectivity index is 4.22. The summed E-state index contributed by atoms with van der Waals surface area (Å²) in [6.07, 6.45) is 57.9. The highest BCUT2D eigenvalue weighted by Crippen LogP contribution is 2.16. The van der Waals surface area contributed by atoms with E-state index in [9.17, 15) is 19.5 Å². The van der Waals surface area contributed by atoms with Crippen LogP contribution < -0.4 is 5.11 Å². The molecule has 0 bridgehead atoms. The normalized spacial score (nSPS) is 12.9. The lowest BCUT2D eigenvalue weighted by atomic mass is 10.0. The Morgan fingerprint density at radius 1 is 0.420 bits per heavy atom. The summed E-state index contributed by atoms with van der Waals surface area (Å²) in [5, 5.41) is 11.8. The summed E-state index contributed by atoms with van der Waals surface area (Å²) in [7, 11) is 5.93. The fourth-order valence-electron chi connectivity index (χ4n) is 8.59. The summed E-state index contributed by atoms with van der Waals surface area (Å²) in [6, 6.07) is 0. The van der Waals surface area contributed by atoms with Crippen molar-refractivity contribution >= 4 is 17.9 Å². The first-order valence-electron chi connectivity index (χ1n) is 29.5. The van der Waals surface area contributed by atoms with E-state index in [0.717, 1.165) is 32.1 Å². The van der Waals surface area contributed by atoms with Gasteiger partial charge in [0.05, 0.1) is 40.3 Å². The second-order valence-electron chi connectivity index (χ2n) is 21.3. The molecule has 0 fully saturated rings. The molecule has 0 saturated heterocycles. The number of carboxylic acid groups (broad SMARTS) is 1. The van der Waals surface area contributed by atoms with Crippen LogP contribution in [0.15, 0.2) is 24.3 Å². The predicted octanol–water partition coefficient (Wildman–Crippen LogP) is 15.8. The van der Waals surface area contributed by atoms with Crippen molar-refractivity contribution in [3.63, 3.8) is 0 Å². The summed E-state index contributed by atoms with van der Waals surface area (Å²) in [4.78, 5) is 37.3. The molecule has 0 rings (SSSR count). The van der Waals surface area contributed by atoms with E-state index in [0.29, 0.717) is 23.9 Å². The number of allylic oxidation sites excluding steroid dienone is 4. The van der Waals surface area contributed by atoms with Gasteiger partial charge in [0.15, 0.2) is 12.4 Å². The molecule has 406 valence electrons. The average Bonchev–Trinajstić information content (AvgIpc) is 3.31. The first kappa shape index (κ1) is 66.8. The average molecular weight is 977 g/mol. The SMILES string of the molecule is CCCCCCCCCC/C=C\CCCCCCCCCCCCCC(=O)OC(COC(=O)CCCCCCCCCCC/C=C\CCCCCCCCCC)COC(OCC[N+](C)(C)C)C(=O)[O-]. The van der Waals surface area contributed by atoms with E-state index in [1.54, 1.807) is 0 Å². The Morgan fingerprint density at radius 2 is 0.739 bits per heavy atom. The smallest absolute Gasteiger partial charge is 0.306 e. The van der Waals surface area contributed by atoms with Crippen molar-refractivity contribution in [3.8, 4) is 0 Å². The zero-order chi connectivity index (χ0) is 50.6. The standard InChI is InChI=1S/C60H113NO8/c1-6-8-10-12-14-16-18-20-22-24-26-28-29-31-33-35-37-39-41-43-45-47-49-51-58(63)69-56(55-68-60(59(64)65)66-53-52-61(3,4)5)54-67-57(62)50-48-46-44-42-40-38-36-34-32-30-27-25-23-21-19-17-15-13-11-9-7-2/h24-27,56,60H,6-23,28-55H2,1-5H3/b26-24-,27-25-. The topological polar surface area (TPSA) is 111 Å². The monoisotopic (exact) mass is 976 g/mol. The van der Waals surface area contributed by atoms with Crippen LogP contribution in [0.25, 0.3) is 0 Å². The summed E-state index contributed by atoms with van der Waals surface area (Å²) in [5.41, 5.74) is 0. The molecule has 69 heavy (non-hydrogen) atoms. The lowest BCUT2D eigenvalue weighted by Gasteiger charge is -2.26. The van der Waals surface area contributed by atoms with E-state index in [2.05, 4.69) is 38.2 Å². The van der Waals surface area contributed by atoms with Gasteiger partial charge in [0.1, 0.15) is 13.2 Å². The number of ether oxygens (including phenoxy) is 4. The quantitative estimate of drug-likeness (QED) is 0.0195. The van der Waals surface area contributed by atoms with Crippen LogP contribution >= 0.6 is 0 Å². The van der Waals surface area contributed by atoms with Crippen molar-refractivity contribution in [2.75, 3.05) is 47.5 Å². The number of likely N-dealkylation sites (N-methyl/N-ethyl adjacent to an activating group) is 1. The van der Waals surface area contributed by atoms with E-state index in [1.807, 2.05) is 21.1 Å². The van der Waals surface area contributed by atoms with Gasteiger partial charge in [-0.05, 0) is 64.2 Å². The number of nitrogens with zero attached hydrogens (tertiary/aromatic N) is 1. The Labute approximate surface area is 427 Å². The van der Waals surface area contributed by atoms with E-state index in [1.165, 1.54) is 218 Å². The molecule has 0 saturated carbocycles. The molecule has 0 aliphatic carbocycles. The molecule has 0 aromatic heterocycles. The molecule has 0 aliphatic rings. The van der Waals surface area contributed by atoms with Crippen molar-refractivity contribution in [2.45, 2.75) is 296 Å². The number of hydrogen-bond acceptors (Lipinski definition) is 8. The highest BCUT2D eigenvalue weighted by molar-refractivity contribution is 5.70. The van der Waals surface area contributed by atoms with Gasteiger partial charge in [-0.2, -0.15) is 0 Å². The van der Waals surface area contributed by atoms with Crippen LogP contribution in [0.1, 0.15) is 284 Å². The highest BCUT2D eigenvalue weighted by atomic mass is 16.7. The molecular formula is C60H113NO8. The summed E-state index contributed by atoms with van der Waals surface area (Å²) in [6.45, 7) is 4.79. The lowest BCUT2D eigenvalue weighted by Crippen LogP contribution is -2.44. The van der Waals surface area contributed by atoms with Crippen LogP contribution in [0.3, 0.4) is 0 Å². The fraction of sp³-hybridized carbons (Fsp3) is 0.883. The number of quaternary nitrogens is 1. The number of rotatable bonds is 55. The van der Waals surface area contributed by atoms with Gasteiger partial charge >= 0.3 is 11.9 Å². The maximum Gasteiger partial charge on any atom is 0.306 e. The molecule has 0 aromatic carbocycles. The second kappa shape index (κ2) is 52.1. The number of hydrogen-bond donors (Lipinski definition) is 0. The third kappa shape index (κ3) is 53.4. The van der Waals surface area contributed by atoms with Crippen LogP contribution in [-0.4, -0.2) is 82.3 Å². The van der Waals surface area contributed by atoms with E-state index in [4.69, 9.17) is 18.9 Å². The molecule has 9 heteroatoms. The van der Waals surface area contributed by atoms with Gasteiger partial charge in [-0.15, -0.1) is 0 Å². The highest BCUT2D eigenvalue weighted by Gasteiger charge is 2.22. The maximum atomic E-state index is 12.9. The number of aliphatic carboxylic acids is 1. The van der Waals surface area contributed by atoms with Gasteiger partial charge in [0.25, 0.3) is 0 Å². The minimum Gasteiger partial charge on any atom is -0.545 e.